The number of nitrogens with one attached hydrogen (secondary N) is 1. The van der Waals surface area contributed by atoms with Crippen molar-refractivity contribution in [3.8, 4) is 11.5 Å². The molecule has 0 bridgehead atoms. The van der Waals surface area contributed by atoms with E-state index in [1.54, 1.807) is 23.6 Å². The summed E-state index contributed by atoms with van der Waals surface area (Å²) in [5.74, 6) is 2.25. The zero-order chi connectivity index (χ0) is 21.3. The largest absolute Gasteiger partial charge is 0.493 e. The Labute approximate surface area is 186 Å². The molecule has 0 saturated heterocycles. The van der Waals surface area contributed by atoms with E-state index in [4.69, 9.17) is 21.1 Å². The number of nitrogens with zero attached hydrogens (tertiary/aromatic N) is 4. The molecule has 3 rings (SSSR count). The van der Waals surface area contributed by atoms with Gasteiger partial charge in [-0.05, 0) is 47.5 Å². The third-order valence-corrected chi connectivity index (χ3v) is 5.92. The molecule has 1 aromatic heterocycles. The maximum Gasteiger partial charge on any atom is 0.209 e. The van der Waals surface area contributed by atoms with Gasteiger partial charge in [-0.3, -0.25) is 0 Å². The van der Waals surface area contributed by atoms with Crippen LogP contribution in [-0.4, -0.2) is 39.6 Å². The fourth-order valence-electron chi connectivity index (χ4n) is 2.76. The first-order valence-corrected chi connectivity index (χ1v) is 11.0. The van der Waals surface area contributed by atoms with Crippen LogP contribution in [0.3, 0.4) is 0 Å². The van der Waals surface area contributed by atoms with Crippen LogP contribution in [0.5, 0.6) is 11.5 Å². The Morgan fingerprint density at radius 1 is 1.17 bits per heavy atom. The standard InChI is InChI=1S/C21H26ClN5O2S/c1-15-5-7-16(8-6-15)14-29-20-12-18(22)17(11-19(20)28-3)13-23-9-4-10-30-21-24-25-26-27(21)2/h5-8,11-12,23H,4,9-10,13-14H2,1-3H3. The van der Waals surface area contributed by atoms with Gasteiger partial charge in [0.2, 0.25) is 5.16 Å². The van der Waals surface area contributed by atoms with E-state index in [1.807, 2.05) is 19.2 Å². The maximum absolute atomic E-state index is 6.48. The van der Waals surface area contributed by atoms with Crippen LogP contribution in [0.4, 0.5) is 0 Å². The molecular weight excluding hydrogens is 422 g/mol. The van der Waals surface area contributed by atoms with Crippen molar-refractivity contribution in [1.29, 1.82) is 0 Å². The third-order valence-electron chi connectivity index (χ3n) is 4.47. The zero-order valence-electron chi connectivity index (χ0n) is 17.4. The number of thioether (sulfide) groups is 1. The summed E-state index contributed by atoms with van der Waals surface area (Å²) in [5.41, 5.74) is 3.29. The van der Waals surface area contributed by atoms with Crippen LogP contribution in [0.25, 0.3) is 0 Å². The minimum atomic E-state index is 0.462. The first-order valence-electron chi connectivity index (χ1n) is 9.67. The molecular formula is C21H26ClN5O2S. The van der Waals surface area contributed by atoms with E-state index in [1.165, 1.54) is 5.56 Å². The van der Waals surface area contributed by atoms with Gasteiger partial charge in [0.1, 0.15) is 6.61 Å². The highest BCUT2D eigenvalue weighted by molar-refractivity contribution is 7.99. The molecule has 1 N–H and O–H groups in total. The number of hydrogen-bond acceptors (Lipinski definition) is 7. The number of methoxy groups -OCH3 is 1. The Balaban J connectivity index is 1.48. The van der Waals surface area contributed by atoms with Gasteiger partial charge in [0.05, 0.1) is 7.11 Å². The quantitative estimate of drug-likeness (QED) is 0.351. The molecule has 0 atom stereocenters. The summed E-state index contributed by atoms with van der Waals surface area (Å²) in [6, 6.07) is 12.0. The Morgan fingerprint density at radius 3 is 2.67 bits per heavy atom. The summed E-state index contributed by atoms with van der Waals surface area (Å²) in [7, 11) is 3.47. The number of hydrogen-bond donors (Lipinski definition) is 1. The second-order valence-corrected chi connectivity index (χ2v) is 8.30. The molecule has 0 aliphatic heterocycles. The van der Waals surface area contributed by atoms with Gasteiger partial charge in [0, 0.05) is 30.4 Å². The number of halogens is 1. The van der Waals surface area contributed by atoms with Crippen LogP contribution in [0, 0.1) is 6.92 Å². The van der Waals surface area contributed by atoms with Gasteiger partial charge in [0.15, 0.2) is 11.5 Å². The highest BCUT2D eigenvalue weighted by Gasteiger charge is 2.11. The molecule has 0 radical (unpaired) electrons. The fraction of sp³-hybridized carbons (Fsp3) is 0.381. The van der Waals surface area contributed by atoms with Crippen molar-refractivity contribution in [2.45, 2.75) is 31.7 Å². The first-order chi connectivity index (χ1) is 14.6. The lowest BCUT2D eigenvalue weighted by Gasteiger charge is -2.14. The van der Waals surface area contributed by atoms with Crippen LogP contribution in [0.2, 0.25) is 5.02 Å². The highest BCUT2D eigenvalue weighted by atomic mass is 35.5. The normalized spacial score (nSPS) is 10.9. The average Bonchev–Trinajstić information content (AvgIpc) is 3.16. The maximum atomic E-state index is 6.48. The molecule has 0 amide bonds. The number of aryl methyl sites for hydroxylation is 2. The summed E-state index contributed by atoms with van der Waals surface area (Å²) in [4.78, 5) is 0. The smallest absolute Gasteiger partial charge is 0.209 e. The zero-order valence-corrected chi connectivity index (χ0v) is 19.0. The van der Waals surface area contributed by atoms with Gasteiger partial charge in [0.25, 0.3) is 0 Å². The Kier molecular flexibility index (Phi) is 8.36. The highest BCUT2D eigenvalue weighted by Crippen LogP contribution is 2.34. The summed E-state index contributed by atoms with van der Waals surface area (Å²) in [6.07, 6.45) is 0.990. The Morgan fingerprint density at radius 2 is 1.97 bits per heavy atom. The van der Waals surface area contributed by atoms with Crippen molar-refractivity contribution >= 4 is 23.4 Å². The molecule has 0 aliphatic carbocycles. The van der Waals surface area contributed by atoms with Crippen LogP contribution in [0.15, 0.2) is 41.6 Å². The topological polar surface area (TPSA) is 74.1 Å². The lowest BCUT2D eigenvalue weighted by molar-refractivity contribution is 0.284. The van der Waals surface area contributed by atoms with Crippen molar-refractivity contribution in [2.24, 2.45) is 7.05 Å². The van der Waals surface area contributed by atoms with Crippen molar-refractivity contribution in [3.05, 3.63) is 58.1 Å². The van der Waals surface area contributed by atoms with E-state index in [0.29, 0.717) is 29.7 Å². The lowest BCUT2D eigenvalue weighted by atomic mass is 10.1. The summed E-state index contributed by atoms with van der Waals surface area (Å²) in [5, 5.41) is 16.3. The molecule has 160 valence electrons. The minimum absolute atomic E-state index is 0.462. The summed E-state index contributed by atoms with van der Waals surface area (Å²) >= 11 is 8.12. The fourth-order valence-corrected chi connectivity index (χ4v) is 3.77. The number of ether oxygens (including phenoxy) is 2. The van der Waals surface area contributed by atoms with Gasteiger partial charge in [-0.1, -0.05) is 53.2 Å². The molecule has 0 spiro atoms. The van der Waals surface area contributed by atoms with Crippen molar-refractivity contribution < 1.29 is 9.47 Å². The molecule has 0 unspecified atom stereocenters. The van der Waals surface area contributed by atoms with Gasteiger partial charge in [-0.25, -0.2) is 4.68 Å². The van der Waals surface area contributed by atoms with E-state index in [-0.39, 0.29) is 0 Å². The number of rotatable bonds is 11. The van der Waals surface area contributed by atoms with Crippen molar-refractivity contribution in [2.75, 3.05) is 19.4 Å². The van der Waals surface area contributed by atoms with E-state index < -0.39 is 0 Å². The minimum Gasteiger partial charge on any atom is -0.493 e. The van der Waals surface area contributed by atoms with Crippen LogP contribution >= 0.6 is 23.4 Å². The molecule has 0 fully saturated rings. The first kappa shape index (κ1) is 22.4. The van der Waals surface area contributed by atoms with Crippen molar-refractivity contribution in [3.63, 3.8) is 0 Å². The van der Waals surface area contributed by atoms with Crippen LogP contribution in [0.1, 0.15) is 23.1 Å². The second-order valence-electron chi connectivity index (χ2n) is 6.83. The van der Waals surface area contributed by atoms with Gasteiger partial charge in [-0.15, -0.1) is 5.10 Å². The van der Waals surface area contributed by atoms with Crippen LogP contribution in [-0.2, 0) is 20.2 Å². The lowest BCUT2D eigenvalue weighted by Crippen LogP contribution is -2.16. The number of tetrazole rings is 1. The van der Waals surface area contributed by atoms with Crippen LogP contribution < -0.4 is 14.8 Å². The van der Waals surface area contributed by atoms with Gasteiger partial charge >= 0.3 is 0 Å². The Hall–Kier alpha value is -2.29. The average molecular weight is 448 g/mol. The Bertz CT molecular complexity index is 949. The van der Waals surface area contributed by atoms with Gasteiger partial charge < -0.3 is 14.8 Å². The molecule has 2 aromatic carbocycles. The van der Waals surface area contributed by atoms with E-state index in [2.05, 4.69) is 52.0 Å². The predicted octanol–water partition coefficient (Wildman–Crippen LogP) is 4.03. The van der Waals surface area contributed by atoms with E-state index in [9.17, 15) is 0 Å². The van der Waals surface area contributed by atoms with E-state index in [0.717, 1.165) is 35.0 Å². The third kappa shape index (κ3) is 6.35. The molecule has 0 aliphatic rings. The SMILES string of the molecule is COc1cc(CNCCCSc2nnnn2C)c(Cl)cc1OCc1ccc(C)cc1. The summed E-state index contributed by atoms with van der Waals surface area (Å²) < 4.78 is 13.1. The van der Waals surface area contributed by atoms with Crippen molar-refractivity contribution in [1.82, 2.24) is 25.5 Å². The monoisotopic (exact) mass is 447 g/mol. The molecule has 7 nitrogen and oxygen atoms in total. The second kappa shape index (κ2) is 11.2. The molecule has 1 heterocycles. The number of aromatic nitrogens is 4. The number of benzene rings is 2. The van der Waals surface area contributed by atoms with E-state index >= 15 is 0 Å². The van der Waals surface area contributed by atoms with Gasteiger partial charge in [-0.2, -0.15) is 0 Å². The molecule has 0 saturated carbocycles. The predicted molar refractivity (Wildman–Crippen MR) is 119 cm³/mol. The molecule has 3 aromatic rings. The molecule has 30 heavy (non-hydrogen) atoms. The summed E-state index contributed by atoms with van der Waals surface area (Å²) in [6.45, 7) is 4.05. The molecule has 9 heteroatoms.